The highest BCUT2D eigenvalue weighted by atomic mass is 32.1. The van der Waals surface area contributed by atoms with Crippen molar-refractivity contribution in [2.75, 3.05) is 52.7 Å². The lowest BCUT2D eigenvalue weighted by Crippen LogP contribution is -2.47. The molecule has 2 aromatic carbocycles. The largest absolute Gasteiger partial charge is 0.368 e. The summed E-state index contributed by atoms with van der Waals surface area (Å²) in [5.74, 6) is 2.48. The summed E-state index contributed by atoms with van der Waals surface area (Å²) in [5, 5.41) is 7.20. The highest BCUT2D eigenvalue weighted by Gasteiger charge is 2.24. The lowest BCUT2D eigenvalue weighted by atomic mass is 10.0. The molecule has 2 fully saturated rings. The fourth-order valence-corrected chi connectivity index (χ4v) is 5.49. The molecule has 194 valence electrons. The SMILES string of the molecule is C[C@H](NC(=S)Nc1nc(N2CCN(c3ccccc3)CC2)cc(N2CCCC[C@@H]2C)n1)c1ccccc1. The van der Waals surface area contributed by atoms with Gasteiger partial charge < -0.3 is 25.3 Å². The summed E-state index contributed by atoms with van der Waals surface area (Å²) in [4.78, 5) is 17.1. The van der Waals surface area contributed by atoms with Crippen LogP contribution in [0.15, 0.2) is 66.7 Å². The predicted octanol–water partition coefficient (Wildman–Crippen LogP) is 5.23. The molecule has 0 saturated carbocycles. The van der Waals surface area contributed by atoms with E-state index in [0.29, 0.717) is 17.1 Å². The van der Waals surface area contributed by atoms with Gasteiger partial charge >= 0.3 is 0 Å². The molecule has 2 N–H and O–H groups in total. The number of anilines is 4. The number of benzene rings is 2. The molecule has 0 amide bonds. The van der Waals surface area contributed by atoms with Crippen LogP contribution in [0.2, 0.25) is 0 Å². The molecule has 0 bridgehead atoms. The van der Waals surface area contributed by atoms with Crippen molar-refractivity contribution >= 4 is 40.6 Å². The van der Waals surface area contributed by atoms with E-state index in [1.165, 1.54) is 30.5 Å². The molecule has 8 heteroatoms. The number of aromatic nitrogens is 2. The van der Waals surface area contributed by atoms with E-state index in [4.69, 9.17) is 22.2 Å². The quantitative estimate of drug-likeness (QED) is 0.433. The molecule has 2 aliphatic heterocycles. The molecule has 2 saturated heterocycles. The molecule has 2 atom stereocenters. The van der Waals surface area contributed by atoms with E-state index >= 15 is 0 Å². The van der Waals surface area contributed by atoms with E-state index in [0.717, 1.165) is 44.4 Å². The average molecular weight is 516 g/mol. The maximum absolute atomic E-state index is 5.67. The molecule has 0 spiro atoms. The topological polar surface area (TPSA) is 59.6 Å². The minimum absolute atomic E-state index is 0.0806. The number of piperazine rings is 1. The second kappa shape index (κ2) is 11.8. The van der Waals surface area contributed by atoms with E-state index < -0.39 is 0 Å². The van der Waals surface area contributed by atoms with Gasteiger partial charge in [0, 0.05) is 50.5 Å². The average Bonchev–Trinajstić information content (AvgIpc) is 2.94. The number of rotatable bonds is 6. The zero-order valence-electron chi connectivity index (χ0n) is 21.8. The molecule has 3 aromatic rings. The van der Waals surface area contributed by atoms with Crippen LogP contribution < -0.4 is 25.3 Å². The van der Waals surface area contributed by atoms with Crippen LogP contribution in [0.5, 0.6) is 0 Å². The fraction of sp³-hybridized carbons (Fsp3) is 0.414. The summed E-state index contributed by atoms with van der Waals surface area (Å²) in [6, 6.07) is 23.6. The van der Waals surface area contributed by atoms with E-state index in [9.17, 15) is 0 Å². The summed E-state index contributed by atoms with van der Waals surface area (Å²) in [6.07, 6.45) is 3.65. The van der Waals surface area contributed by atoms with E-state index in [-0.39, 0.29) is 6.04 Å². The Hall–Kier alpha value is -3.39. The highest BCUT2D eigenvalue weighted by Crippen LogP contribution is 2.28. The first-order valence-electron chi connectivity index (χ1n) is 13.4. The number of nitrogens with zero attached hydrogens (tertiary/aromatic N) is 5. The van der Waals surface area contributed by atoms with Crippen LogP contribution >= 0.6 is 12.2 Å². The lowest BCUT2D eigenvalue weighted by molar-refractivity contribution is 0.481. The van der Waals surface area contributed by atoms with Gasteiger partial charge in [-0.15, -0.1) is 0 Å². The van der Waals surface area contributed by atoms with Crippen LogP contribution in [-0.4, -0.2) is 53.8 Å². The summed E-state index contributed by atoms with van der Waals surface area (Å²) in [7, 11) is 0. The number of nitrogens with one attached hydrogen (secondary N) is 2. The zero-order valence-corrected chi connectivity index (χ0v) is 22.6. The van der Waals surface area contributed by atoms with Gasteiger partial charge in [0.15, 0.2) is 5.11 Å². The Morgan fingerprint density at radius 1 is 0.865 bits per heavy atom. The van der Waals surface area contributed by atoms with Gasteiger partial charge in [-0.3, -0.25) is 0 Å². The van der Waals surface area contributed by atoms with Crippen LogP contribution in [0.4, 0.5) is 23.3 Å². The molecular formula is C29H37N7S. The number of piperidine rings is 1. The van der Waals surface area contributed by atoms with Crippen molar-refractivity contribution in [3.8, 4) is 0 Å². The van der Waals surface area contributed by atoms with Gasteiger partial charge in [0.1, 0.15) is 11.6 Å². The maximum Gasteiger partial charge on any atom is 0.232 e. The van der Waals surface area contributed by atoms with Crippen LogP contribution in [0, 0.1) is 0 Å². The van der Waals surface area contributed by atoms with Gasteiger partial charge in [-0.2, -0.15) is 9.97 Å². The molecule has 0 unspecified atom stereocenters. The molecule has 3 heterocycles. The Kier molecular flexibility index (Phi) is 8.04. The molecule has 37 heavy (non-hydrogen) atoms. The van der Waals surface area contributed by atoms with Crippen molar-refractivity contribution in [1.29, 1.82) is 0 Å². The van der Waals surface area contributed by atoms with E-state index in [1.807, 2.05) is 18.2 Å². The number of hydrogen-bond donors (Lipinski definition) is 2. The standard InChI is InChI=1S/C29H37N7S/c1-22-11-9-10-16-36(22)27-21-26(35-19-17-34(18-20-35)25-14-7-4-8-15-25)31-28(32-27)33-29(37)30-23(2)24-12-5-3-6-13-24/h3-8,12-15,21-23H,9-11,16-20H2,1-2H3,(H2,30,31,32,33,37)/t22-,23-/m0/s1. The van der Waals surface area contributed by atoms with Crippen molar-refractivity contribution in [2.45, 2.75) is 45.2 Å². The first-order valence-corrected chi connectivity index (χ1v) is 13.8. The van der Waals surface area contributed by atoms with Gasteiger partial charge in [0.05, 0.1) is 6.04 Å². The zero-order chi connectivity index (χ0) is 25.6. The number of hydrogen-bond acceptors (Lipinski definition) is 6. The summed E-state index contributed by atoms with van der Waals surface area (Å²) in [5.41, 5.74) is 2.46. The van der Waals surface area contributed by atoms with Gasteiger partial charge in [-0.1, -0.05) is 48.5 Å². The van der Waals surface area contributed by atoms with E-state index in [1.54, 1.807) is 0 Å². The molecule has 0 aliphatic carbocycles. The van der Waals surface area contributed by atoms with E-state index in [2.05, 4.69) is 87.7 Å². The van der Waals surface area contributed by atoms with Crippen molar-refractivity contribution in [2.24, 2.45) is 0 Å². The lowest BCUT2D eigenvalue weighted by Gasteiger charge is -2.38. The Bertz CT molecular complexity index is 1170. The Balaban J connectivity index is 1.33. The fourth-order valence-electron chi connectivity index (χ4n) is 5.22. The maximum atomic E-state index is 5.67. The first-order chi connectivity index (χ1) is 18.1. The first kappa shape index (κ1) is 25.3. The second-order valence-corrected chi connectivity index (χ2v) is 10.4. The predicted molar refractivity (Wildman–Crippen MR) is 158 cm³/mol. The molecular weight excluding hydrogens is 478 g/mol. The minimum Gasteiger partial charge on any atom is -0.368 e. The van der Waals surface area contributed by atoms with Crippen LogP contribution in [-0.2, 0) is 0 Å². The molecule has 2 aliphatic rings. The normalized spacial score (nSPS) is 18.9. The molecule has 0 radical (unpaired) electrons. The van der Waals surface area contributed by atoms with Gasteiger partial charge in [0.2, 0.25) is 5.95 Å². The molecule has 1 aromatic heterocycles. The monoisotopic (exact) mass is 515 g/mol. The number of para-hydroxylation sites is 1. The third kappa shape index (κ3) is 6.31. The van der Waals surface area contributed by atoms with Crippen LogP contribution in [0.3, 0.4) is 0 Å². The molecule has 7 nitrogen and oxygen atoms in total. The Morgan fingerprint density at radius 2 is 1.51 bits per heavy atom. The molecule has 5 rings (SSSR count). The summed E-state index contributed by atoms with van der Waals surface area (Å²) < 4.78 is 0. The van der Waals surface area contributed by atoms with Crippen LogP contribution in [0.25, 0.3) is 0 Å². The second-order valence-electron chi connectivity index (χ2n) is 9.99. The smallest absolute Gasteiger partial charge is 0.232 e. The Labute approximate surface area is 225 Å². The third-order valence-corrected chi connectivity index (χ3v) is 7.61. The highest BCUT2D eigenvalue weighted by molar-refractivity contribution is 7.80. The Morgan fingerprint density at radius 3 is 2.22 bits per heavy atom. The number of thiocarbonyl (C=S) groups is 1. The summed E-state index contributed by atoms with van der Waals surface area (Å²) >= 11 is 5.67. The van der Waals surface area contributed by atoms with Crippen molar-refractivity contribution in [3.63, 3.8) is 0 Å². The van der Waals surface area contributed by atoms with Gasteiger partial charge in [0.25, 0.3) is 0 Å². The minimum atomic E-state index is 0.0806. The summed E-state index contributed by atoms with van der Waals surface area (Å²) in [6.45, 7) is 9.16. The van der Waals surface area contributed by atoms with Gasteiger partial charge in [-0.05, 0) is 63.0 Å². The van der Waals surface area contributed by atoms with Crippen LogP contribution in [0.1, 0.15) is 44.7 Å². The third-order valence-electron chi connectivity index (χ3n) is 7.39. The van der Waals surface area contributed by atoms with Crippen molar-refractivity contribution in [1.82, 2.24) is 15.3 Å². The van der Waals surface area contributed by atoms with Crippen molar-refractivity contribution in [3.05, 3.63) is 72.3 Å². The van der Waals surface area contributed by atoms with Gasteiger partial charge in [-0.25, -0.2) is 0 Å². The van der Waals surface area contributed by atoms with Crippen molar-refractivity contribution < 1.29 is 0 Å².